The van der Waals surface area contributed by atoms with E-state index < -0.39 is 18.4 Å². The van der Waals surface area contributed by atoms with E-state index in [2.05, 4.69) is 30.9 Å². The minimum atomic E-state index is -1.16. The van der Waals surface area contributed by atoms with Crippen molar-refractivity contribution in [3.8, 4) is 0 Å². The molecule has 0 rings (SSSR count). The van der Waals surface area contributed by atoms with E-state index in [4.69, 9.17) is 9.84 Å². The molecule has 0 aliphatic heterocycles. The number of esters is 1. The Bertz CT molecular complexity index is 489. The minimum Gasteiger partial charge on any atom is -0.481 e. The van der Waals surface area contributed by atoms with E-state index in [1.807, 2.05) is 12.2 Å². The summed E-state index contributed by atoms with van der Waals surface area (Å²) >= 11 is 0. The molecule has 0 aromatic rings. The van der Waals surface area contributed by atoms with Gasteiger partial charge in [-0.1, -0.05) is 42.5 Å². The molecule has 0 fully saturated rings. The Morgan fingerprint density at radius 3 is 1.46 bits per heavy atom. The van der Waals surface area contributed by atoms with Crippen LogP contribution in [0.1, 0.15) is 83.5 Å². The zero-order valence-electron chi connectivity index (χ0n) is 17.3. The molecule has 0 bridgehead atoms. The predicted molar refractivity (Wildman–Crippen MR) is 116 cm³/mol. The molecule has 0 saturated heterocycles. The van der Waals surface area contributed by atoms with Gasteiger partial charge in [-0.3, -0.25) is 9.59 Å². The highest BCUT2D eigenvalue weighted by Gasteiger charge is 2.06. The lowest BCUT2D eigenvalue weighted by atomic mass is 10.1. The number of hydrogen-bond acceptors (Lipinski definition) is 3. The molecule has 0 atom stereocenters. The van der Waals surface area contributed by atoms with Crippen LogP contribution in [0, 0.1) is 0 Å². The summed E-state index contributed by atoms with van der Waals surface area (Å²) in [5.74, 6) is -1.86. The molecule has 4 heteroatoms. The van der Waals surface area contributed by atoms with E-state index in [1.165, 1.54) is 38.5 Å². The van der Waals surface area contributed by atoms with Crippen LogP contribution < -0.4 is 0 Å². The van der Waals surface area contributed by atoms with Gasteiger partial charge in [0, 0.05) is 0 Å². The van der Waals surface area contributed by atoms with Crippen molar-refractivity contribution in [2.24, 2.45) is 0 Å². The number of ether oxygens (including phenoxy) is 1. The second kappa shape index (κ2) is 21.2. The number of carboxylic acid groups (broad SMARTS) is 1. The molecule has 1 N–H and O–H groups in total. The lowest BCUT2D eigenvalue weighted by Crippen LogP contribution is -2.10. The van der Waals surface area contributed by atoms with Crippen LogP contribution in [-0.4, -0.2) is 23.7 Å². The number of allylic oxidation sites excluding steroid dienone is 6. The molecular weight excluding hydrogens is 352 g/mol. The van der Waals surface area contributed by atoms with Crippen LogP contribution in [0.25, 0.3) is 0 Å². The van der Waals surface area contributed by atoms with E-state index in [1.54, 1.807) is 6.08 Å². The molecule has 0 radical (unpaired) electrons. The van der Waals surface area contributed by atoms with E-state index in [0.717, 1.165) is 38.5 Å². The first-order valence-corrected chi connectivity index (χ1v) is 10.6. The summed E-state index contributed by atoms with van der Waals surface area (Å²) in [4.78, 5) is 21.3. The summed E-state index contributed by atoms with van der Waals surface area (Å²) in [7, 11) is 0. The van der Waals surface area contributed by atoms with Gasteiger partial charge in [0.25, 0.3) is 0 Å². The zero-order valence-corrected chi connectivity index (χ0v) is 17.3. The van der Waals surface area contributed by atoms with Gasteiger partial charge in [0.15, 0.2) is 0 Å². The van der Waals surface area contributed by atoms with Crippen LogP contribution in [0.3, 0.4) is 0 Å². The van der Waals surface area contributed by atoms with Crippen molar-refractivity contribution in [2.45, 2.75) is 83.5 Å². The molecule has 0 aliphatic carbocycles. The van der Waals surface area contributed by atoms with Crippen LogP contribution in [0.5, 0.6) is 0 Å². The number of hydrogen-bond donors (Lipinski definition) is 1. The fraction of sp³-hybridized carbons (Fsp3) is 0.583. The van der Waals surface area contributed by atoms with Crippen molar-refractivity contribution in [1.29, 1.82) is 0 Å². The second-order valence-electron chi connectivity index (χ2n) is 6.81. The Hall–Kier alpha value is -2.10. The molecule has 4 nitrogen and oxygen atoms in total. The third kappa shape index (κ3) is 21.9. The average molecular weight is 391 g/mol. The lowest BCUT2D eigenvalue weighted by Gasteiger charge is -1.98. The summed E-state index contributed by atoms with van der Waals surface area (Å²) in [5.41, 5.74) is 0. The van der Waals surface area contributed by atoms with Gasteiger partial charge < -0.3 is 9.84 Å². The van der Waals surface area contributed by atoms with Crippen LogP contribution in [0.15, 0.2) is 49.1 Å². The standard InChI is InChI=1S/C24H38O4/c1-2-3-4-5-6-7-8-9-10-11-12-13-14-15-16-17-18-19-20-21-28-24(27)22-23(25)26/h2,7-8,13-14,19-20H,1,3-6,9-12,15-18,21-22H2,(H,25,26)/b8-7+,14-13+,20-19+. The maximum Gasteiger partial charge on any atom is 0.317 e. The Labute approximate surface area is 171 Å². The largest absolute Gasteiger partial charge is 0.481 e. The number of rotatable bonds is 19. The maximum atomic E-state index is 11.0. The Balaban J connectivity index is 3.32. The Kier molecular flexibility index (Phi) is 19.6. The van der Waals surface area contributed by atoms with Gasteiger partial charge in [0.2, 0.25) is 0 Å². The molecule has 0 spiro atoms. The normalized spacial score (nSPS) is 11.6. The molecule has 28 heavy (non-hydrogen) atoms. The number of carbonyl (C=O) groups excluding carboxylic acids is 1. The summed E-state index contributed by atoms with van der Waals surface area (Å²) < 4.78 is 4.76. The van der Waals surface area contributed by atoms with Crippen LogP contribution >= 0.6 is 0 Å². The average Bonchev–Trinajstić information content (AvgIpc) is 2.66. The van der Waals surface area contributed by atoms with Gasteiger partial charge in [-0.05, 0) is 77.0 Å². The van der Waals surface area contributed by atoms with Crippen LogP contribution in [0.4, 0.5) is 0 Å². The number of aliphatic carboxylic acids is 1. The first-order valence-electron chi connectivity index (χ1n) is 10.6. The fourth-order valence-corrected chi connectivity index (χ4v) is 2.57. The van der Waals surface area contributed by atoms with Gasteiger partial charge >= 0.3 is 11.9 Å². The molecule has 0 aromatic heterocycles. The smallest absolute Gasteiger partial charge is 0.317 e. The SMILES string of the molecule is C=CCCCC/C=C/CCCC/C=C/CCCC/C=C/COC(=O)CC(=O)O. The molecule has 0 saturated carbocycles. The van der Waals surface area contributed by atoms with E-state index in [-0.39, 0.29) is 6.61 Å². The molecule has 0 aliphatic rings. The molecule has 0 amide bonds. The molecule has 0 aromatic carbocycles. The van der Waals surface area contributed by atoms with E-state index in [0.29, 0.717) is 0 Å². The minimum absolute atomic E-state index is 0.149. The number of carbonyl (C=O) groups is 2. The molecule has 158 valence electrons. The predicted octanol–water partition coefficient (Wildman–Crippen LogP) is 6.54. The van der Waals surface area contributed by atoms with Gasteiger partial charge in [-0.2, -0.15) is 0 Å². The van der Waals surface area contributed by atoms with Gasteiger partial charge in [-0.15, -0.1) is 6.58 Å². The Morgan fingerprint density at radius 1 is 0.679 bits per heavy atom. The number of carboxylic acids is 1. The van der Waals surface area contributed by atoms with Crippen molar-refractivity contribution in [3.05, 3.63) is 49.1 Å². The van der Waals surface area contributed by atoms with Gasteiger partial charge in [-0.25, -0.2) is 0 Å². The van der Waals surface area contributed by atoms with Crippen LogP contribution in [-0.2, 0) is 14.3 Å². The third-order valence-corrected chi connectivity index (χ3v) is 4.15. The monoisotopic (exact) mass is 390 g/mol. The van der Waals surface area contributed by atoms with Crippen molar-refractivity contribution in [2.75, 3.05) is 6.61 Å². The Morgan fingerprint density at radius 2 is 1.07 bits per heavy atom. The summed E-state index contributed by atoms with van der Waals surface area (Å²) in [6.45, 7) is 3.88. The zero-order chi connectivity index (χ0) is 20.7. The highest BCUT2D eigenvalue weighted by Crippen LogP contribution is 2.06. The second-order valence-corrected chi connectivity index (χ2v) is 6.81. The molecular formula is C24H38O4. The van der Waals surface area contributed by atoms with Crippen molar-refractivity contribution < 1.29 is 19.4 Å². The topological polar surface area (TPSA) is 63.6 Å². The summed E-state index contributed by atoms with van der Waals surface area (Å²) in [6, 6.07) is 0. The highest BCUT2D eigenvalue weighted by molar-refractivity contribution is 5.90. The van der Waals surface area contributed by atoms with Crippen molar-refractivity contribution >= 4 is 11.9 Å². The van der Waals surface area contributed by atoms with Crippen molar-refractivity contribution in [3.63, 3.8) is 0 Å². The van der Waals surface area contributed by atoms with Crippen molar-refractivity contribution in [1.82, 2.24) is 0 Å². The summed E-state index contributed by atoms with van der Waals surface area (Å²) in [5, 5.41) is 8.42. The highest BCUT2D eigenvalue weighted by atomic mass is 16.5. The summed E-state index contributed by atoms with van der Waals surface area (Å²) in [6.07, 6.45) is 28.3. The van der Waals surface area contributed by atoms with E-state index in [9.17, 15) is 9.59 Å². The molecule has 0 unspecified atom stereocenters. The first kappa shape index (κ1) is 25.9. The van der Waals surface area contributed by atoms with Gasteiger partial charge in [0.1, 0.15) is 13.0 Å². The number of unbranched alkanes of at least 4 members (excludes halogenated alkanes) is 9. The lowest BCUT2D eigenvalue weighted by molar-refractivity contribution is -0.150. The fourth-order valence-electron chi connectivity index (χ4n) is 2.57. The quantitative estimate of drug-likeness (QED) is 0.118. The van der Waals surface area contributed by atoms with E-state index >= 15 is 0 Å². The van der Waals surface area contributed by atoms with Gasteiger partial charge in [0.05, 0.1) is 0 Å². The molecule has 0 heterocycles. The third-order valence-electron chi connectivity index (χ3n) is 4.15. The maximum absolute atomic E-state index is 11.0. The van der Waals surface area contributed by atoms with Crippen LogP contribution in [0.2, 0.25) is 0 Å². The first-order chi connectivity index (χ1) is 13.7.